The second kappa shape index (κ2) is 4.69. The van der Waals surface area contributed by atoms with Gasteiger partial charge in [-0.15, -0.1) is 0 Å². The third-order valence-corrected chi connectivity index (χ3v) is 3.08. The number of fused-ring (bicyclic) bond motifs is 1. The number of furan rings is 1. The van der Waals surface area contributed by atoms with Crippen LogP contribution < -0.4 is 0 Å². The van der Waals surface area contributed by atoms with E-state index >= 15 is 0 Å². The van der Waals surface area contributed by atoms with E-state index in [0.717, 1.165) is 27.7 Å². The first-order chi connectivity index (χ1) is 9.24. The van der Waals surface area contributed by atoms with Gasteiger partial charge in [-0.2, -0.15) is 0 Å². The molecule has 0 aliphatic heterocycles. The Kier molecular flexibility index (Phi) is 2.88. The number of rotatable bonds is 2. The van der Waals surface area contributed by atoms with Gasteiger partial charge < -0.3 is 4.42 Å². The van der Waals surface area contributed by atoms with Gasteiger partial charge in [0.1, 0.15) is 5.82 Å². The SMILES string of the molecule is Cc1cc(F)ccc1/C=C\c1coc2cnccc12. The van der Waals surface area contributed by atoms with Crippen LogP contribution >= 0.6 is 0 Å². The van der Waals surface area contributed by atoms with Crippen molar-refractivity contribution < 1.29 is 8.81 Å². The molecule has 0 radical (unpaired) electrons. The van der Waals surface area contributed by atoms with Gasteiger partial charge in [0.2, 0.25) is 0 Å². The lowest BCUT2D eigenvalue weighted by Crippen LogP contribution is -1.82. The van der Waals surface area contributed by atoms with Crippen LogP contribution in [0, 0.1) is 12.7 Å². The van der Waals surface area contributed by atoms with Crippen molar-refractivity contribution in [3.05, 3.63) is 65.4 Å². The maximum absolute atomic E-state index is 13.0. The monoisotopic (exact) mass is 253 g/mol. The van der Waals surface area contributed by atoms with E-state index in [2.05, 4.69) is 4.98 Å². The summed E-state index contributed by atoms with van der Waals surface area (Å²) < 4.78 is 18.4. The summed E-state index contributed by atoms with van der Waals surface area (Å²) in [4.78, 5) is 4.01. The van der Waals surface area contributed by atoms with Crippen molar-refractivity contribution in [1.29, 1.82) is 0 Å². The summed E-state index contributed by atoms with van der Waals surface area (Å²) in [5.74, 6) is -0.213. The second-order valence-electron chi connectivity index (χ2n) is 4.40. The fraction of sp³-hybridized carbons (Fsp3) is 0.0625. The van der Waals surface area contributed by atoms with Crippen LogP contribution in [-0.4, -0.2) is 4.98 Å². The third-order valence-electron chi connectivity index (χ3n) is 3.08. The van der Waals surface area contributed by atoms with Crippen LogP contribution in [0.15, 0.2) is 47.3 Å². The molecule has 2 aromatic heterocycles. The summed E-state index contributed by atoms with van der Waals surface area (Å²) in [7, 11) is 0. The van der Waals surface area contributed by atoms with E-state index in [1.165, 1.54) is 12.1 Å². The van der Waals surface area contributed by atoms with E-state index in [1.54, 1.807) is 24.7 Å². The van der Waals surface area contributed by atoms with Gasteiger partial charge in [-0.25, -0.2) is 4.39 Å². The maximum Gasteiger partial charge on any atom is 0.152 e. The largest absolute Gasteiger partial charge is 0.462 e. The molecule has 3 rings (SSSR count). The van der Waals surface area contributed by atoms with Gasteiger partial charge in [0.25, 0.3) is 0 Å². The standard InChI is InChI=1S/C16H12FNO/c1-11-8-14(17)5-4-12(11)2-3-13-10-19-16-9-18-7-6-15(13)16/h2-10H,1H3/b3-2-. The zero-order valence-electron chi connectivity index (χ0n) is 10.4. The summed E-state index contributed by atoms with van der Waals surface area (Å²) >= 11 is 0. The Labute approximate surface area is 110 Å². The molecule has 0 unspecified atom stereocenters. The van der Waals surface area contributed by atoms with Gasteiger partial charge >= 0.3 is 0 Å². The maximum atomic E-state index is 13.0. The van der Waals surface area contributed by atoms with E-state index in [9.17, 15) is 4.39 Å². The number of aromatic nitrogens is 1. The normalized spacial score (nSPS) is 11.5. The Balaban J connectivity index is 1.98. The first kappa shape index (κ1) is 11.7. The molecule has 0 fully saturated rings. The predicted molar refractivity (Wildman–Crippen MR) is 74.1 cm³/mol. The van der Waals surface area contributed by atoms with Crippen LogP contribution in [0.5, 0.6) is 0 Å². The summed E-state index contributed by atoms with van der Waals surface area (Å²) in [6, 6.07) is 6.67. The first-order valence-electron chi connectivity index (χ1n) is 5.99. The molecule has 19 heavy (non-hydrogen) atoms. The molecule has 1 aromatic carbocycles. The Bertz CT molecular complexity index is 758. The highest BCUT2D eigenvalue weighted by molar-refractivity contribution is 5.89. The molecule has 2 heterocycles. The number of benzene rings is 1. The van der Waals surface area contributed by atoms with E-state index in [-0.39, 0.29) is 5.82 Å². The van der Waals surface area contributed by atoms with Gasteiger partial charge in [-0.05, 0) is 36.2 Å². The average molecular weight is 253 g/mol. The fourth-order valence-electron chi connectivity index (χ4n) is 2.04. The molecule has 0 saturated carbocycles. The Hall–Kier alpha value is -2.42. The van der Waals surface area contributed by atoms with Gasteiger partial charge in [-0.3, -0.25) is 4.98 Å². The molecular formula is C16H12FNO. The van der Waals surface area contributed by atoms with Gasteiger partial charge in [-0.1, -0.05) is 18.2 Å². The highest BCUT2D eigenvalue weighted by atomic mass is 19.1. The number of hydrogen-bond donors (Lipinski definition) is 0. The van der Waals surface area contributed by atoms with Crippen molar-refractivity contribution in [3.63, 3.8) is 0 Å². The van der Waals surface area contributed by atoms with E-state index in [1.807, 2.05) is 25.1 Å². The summed E-state index contributed by atoms with van der Waals surface area (Å²) in [6.45, 7) is 1.89. The van der Waals surface area contributed by atoms with Crippen LogP contribution in [0.4, 0.5) is 4.39 Å². The number of hydrogen-bond acceptors (Lipinski definition) is 2. The van der Waals surface area contributed by atoms with Crippen molar-refractivity contribution in [3.8, 4) is 0 Å². The number of pyridine rings is 1. The number of aryl methyl sites for hydroxylation is 1. The molecule has 0 atom stereocenters. The Morgan fingerprint density at radius 1 is 1.16 bits per heavy atom. The number of halogens is 1. The minimum absolute atomic E-state index is 0.213. The summed E-state index contributed by atoms with van der Waals surface area (Å²) in [5.41, 5.74) is 3.65. The lowest BCUT2D eigenvalue weighted by molar-refractivity contribution is 0.613. The van der Waals surface area contributed by atoms with Crippen LogP contribution in [0.25, 0.3) is 23.1 Å². The average Bonchev–Trinajstić information content (AvgIpc) is 2.81. The fourth-order valence-corrected chi connectivity index (χ4v) is 2.04. The molecular weight excluding hydrogens is 241 g/mol. The molecule has 0 saturated heterocycles. The second-order valence-corrected chi connectivity index (χ2v) is 4.40. The zero-order chi connectivity index (χ0) is 13.2. The van der Waals surface area contributed by atoms with Gasteiger partial charge in [0.05, 0.1) is 12.5 Å². The van der Waals surface area contributed by atoms with Crippen molar-refractivity contribution in [2.75, 3.05) is 0 Å². The van der Waals surface area contributed by atoms with Gasteiger partial charge in [0.15, 0.2) is 5.58 Å². The van der Waals surface area contributed by atoms with E-state index in [4.69, 9.17) is 4.42 Å². The molecule has 0 bridgehead atoms. The van der Waals surface area contributed by atoms with E-state index in [0.29, 0.717) is 0 Å². The van der Waals surface area contributed by atoms with E-state index < -0.39 is 0 Å². The van der Waals surface area contributed by atoms with Crippen molar-refractivity contribution in [1.82, 2.24) is 4.98 Å². The molecule has 2 nitrogen and oxygen atoms in total. The minimum atomic E-state index is -0.213. The van der Waals surface area contributed by atoms with Crippen LogP contribution in [-0.2, 0) is 0 Å². The van der Waals surface area contributed by atoms with Gasteiger partial charge in [0, 0.05) is 17.1 Å². The minimum Gasteiger partial charge on any atom is -0.462 e. The van der Waals surface area contributed by atoms with Crippen molar-refractivity contribution in [2.45, 2.75) is 6.92 Å². The molecule has 0 aliphatic rings. The number of nitrogens with zero attached hydrogens (tertiary/aromatic N) is 1. The predicted octanol–water partition coefficient (Wildman–Crippen LogP) is 4.45. The van der Waals surface area contributed by atoms with Crippen LogP contribution in [0.3, 0.4) is 0 Å². The molecule has 0 N–H and O–H groups in total. The Morgan fingerprint density at radius 2 is 2.00 bits per heavy atom. The van der Waals surface area contributed by atoms with Crippen LogP contribution in [0.2, 0.25) is 0 Å². The molecule has 3 heteroatoms. The lowest BCUT2D eigenvalue weighted by Gasteiger charge is -1.99. The summed E-state index contributed by atoms with van der Waals surface area (Å²) in [5, 5.41) is 1.02. The van der Waals surface area contributed by atoms with Crippen LogP contribution in [0.1, 0.15) is 16.7 Å². The van der Waals surface area contributed by atoms with Crippen molar-refractivity contribution in [2.24, 2.45) is 0 Å². The molecule has 0 amide bonds. The Morgan fingerprint density at radius 3 is 2.84 bits per heavy atom. The van der Waals surface area contributed by atoms with Crippen molar-refractivity contribution >= 4 is 23.1 Å². The topological polar surface area (TPSA) is 26.0 Å². The highest BCUT2D eigenvalue weighted by Crippen LogP contribution is 2.22. The first-order valence-corrected chi connectivity index (χ1v) is 5.99. The molecule has 0 aliphatic carbocycles. The summed E-state index contributed by atoms with van der Waals surface area (Å²) in [6.07, 6.45) is 9.04. The lowest BCUT2D eigenvalue weighted by atomic mass is 10.1. The zero-order valence-corrected chi connectivity index (χ0v) is 10.4. The third kappa shape index (κ3) is 2.27. The highest BCUT2D eigenvalue weighted by Gasteiger charge is 2.02. The smallest absolute Gasteiger partial charge is 0.152 e. The molecule has 3 aromatic rings. The molecule has 0 spiro atoms. The molecule has 94 valence electrons. The quantitative estimate of drug-likeness (QED) is 0.674.